The van der Waals surface area contributed by atoms with Gasteiger partial charge in [-0.05, 0) is 63.5 Å². The van der Waals surface area contributed by atoms with Gasteiger partial charge in [0.05, 0.1) is 16.3 Å². The molecule has 4 atom stereocenters. The summed E-state index contributed by atoms with van der Waals surface area (Å²) in [5, 5.41) is 15.6. The number of carboxylic acids is 1. The topological polar surface area (TPSA) is 78.4 Å². The molecule has 5 nitrogen and oxygen atoms in total. The Morgan fingerprint density at radius 3 is 2.62 bits per heavy atom. The molecule has 0 radical (unpaired) electrons. The van der Waals surface area contributed by atoms with Crippen LogP contribution in [0.25, 0.3) is 0 Å². The molecule has 24 heavy (non-hydrogen) atoms. The zero-order valence-electron chi connectivity index (χ0n) is 14.0. The van der Waals surface area contributed by atoms with Crippen molar-refractivity contribution in [3.63, 3.8) is 0 Å². The van der Waals surface area contributed by atoms with Crippen LogP contribution < -0.4 is 10.6 Å². The summed E-state index contributed by atoms with van der Waals surface area (Å²) >= 11 is 3.90. The number of fused-ring (bicyclic) bond motifs is 1. The van der Waals surface area contributed by atoms with Crippen molar-refractivity contribution in [1.29, 1.82) is 0 Å². The fourth-order valence-corrected chi connectivity index (χ4v) is 7.92. The second-order valence-corrected chi connectivity index (χ2v) is 10.3. The van der Waals surface area contributed by atoms with Crippen LogP contribution in [0.3, 0.4) is 0 Å². The predicted octanol–water partition coefficient (Wildman–Crippen LogP) is 2.31. The molecule has 0 aromatic carbocycles. The summed E-state index contributed by atoms with van der Waals surface area (Å²) in [4.78, 5) is 22.6. The number of rotatable bonds is 7. The molecule has 3 saturated heterocycles. The van der Waals surface area contributed by atoms with E-state index in [2.05, 4.69) is 22.4 Å². The second-order valence-electron chi connectivity index (χ2n) is 7.19. The monoisotopic (exact) mass is 372 g/mol. The van der Waals surface area contributed by atoms with Gasteiger partial charge in [-0.1, -0.05) is 0 Å². The number of hydrogen-bond acceptors (Lipinski definition) is 5. The maximum atomic E-state index is 12.1. The molecule has 0 saturated carbocycles. The quantitative estimate of drug-likeness (QED) is 0.636. The van der Waals surface area contributed by atoms with Gasteiger partial charge in [-0.25, -0.2) is 0 Å². The molecule has 0 bridgehead atoms. The highest BCUT2D eigenvalue weighted by Crippen LogP contribution is 2.55. The second kappa shape index (κ2) is 8.81. The molecule has 3 fully saturated rings. The maximum absolute atomic E-state index is 12.1. The van der Waals surface area contributed by atoms with Crippen molar-refractivity contribution in [2.75, 3.05) is 19.6 Å². The Labute approximate surface area is 152 Å². The molecule has 0 spiro atoms. The molecule has 3 aliphatic heterocycles. The van der Waals surface area contributed by atoms with E-state index in [1.807, 2.05) is 0 Å². The van der Waals surface area contributed by atoms with Gasteiger partial charge in [-0.3, -0.25) is 9.59 Å². The molecule has 0 aromatic heterocycles. The first-order valence-electron chi connectivity index (χ1n) is 9.13. The summed E-state index contributed by atoms with van der Waals surface area (Å²) in [6, 6.07) is 0. The third-order valence-electron chi connectivity index (χ3n) is 5.38. The maximum Gasteiger partial charge on any atom is 0.305 e. The summed E-state index contributed by atoms with van der Waals surface area (Å²) in [6.45, 7) is 2.61. The van der Waals surface area contributed by atoms with Crippen LogP contribution in [0.15, 0.2) is 0 Å². The highest BCUT2D eigenvalue weighted by atomic mass is 32.2. The predicted molar refractivity (Wildman–Crippen MR) is 99.4 cm³/mol. The zero-order valence-corrected chi connectivity index (χ0v) is 15.7. The number of hydrogen-bond donors (Lipinski definition) is 3. The SMILES string of the molecule is O=C(O)CCNC(=O)C1CC2CC(CCC3CCNCC3)SC2S1. The lowest BCUT2D eigenvalue weighted by Gasteiger charge is -2.23. The average molecular weight is 373 g/mol. The fourth-order valence-electron chi connectivity index (χ4n) is 4.00. The van der Waals surface area contributed by atoms with Crippen LogP contribution in [-0.4, -0.2) is 51.7 Å². The van der Waals surface area contributed by atoms with E-state index in [4.69, 9.17) is 5.11 Å². The number of amides is 1. The molecule has 7 heteroatoms. The standard InChI is InChI=1S/C17H28N2O3S2/c20-15(21)5-8-19-16(22)14-10-12-9-13(23-17(12)24-14)2-1-11-3-6-18-7-4-11/h11-14,17-18H,1-10H2,(H,19,22)(H,20,21). The minimum atomic E-state index is -0.863. The molecule has 3 rings (SSSR count). The molecule has 4 unspecified atom stereocenters. The Hall–Kier alpha value is -0.400. The number of piperidine rings is 1. The number of aliphatic carboxylic acids is 1. The van der Waals surface area contributed by atoms with Crippen LogP contribution in [0.1, 0.15) is 44.9 Å². The van der Waals surface area contributed by atoms with Crippen molar-refractivity contribution < 1.29 is 14.7 Å². The van der Waals surface area contributed by atoms with Crippen LogP contribution in [0, 0.1) is 11.8 Å². The minimum Gasteiger partial charge on any atom is -0.481 e. The minimum absolute atomic E-state index is 0.00347. The summed E-state index contributed by atoms with van der Waals surface area (Å²) in [5.41, 5.74) is 0. The van der Waals surface area contributed by atoms with Crippen LogP contribution in [-0.2, 0) is 9.59 Å². The molecule has 136 valence electrons. The normalized spacial score (nSPS) is 33.3. The van der Waals surface area contributed by atoms with Gasteiger partial charge in [0.25, 0.3) is 0 Å². The molecule has 0 aromatic rings. The Bertz CT molecular complexity index is 443. The Morgan fingerprint density at radius 2 is 1.92 bits per heavy atom. The lowest BCUT2D eigenvalue weighted by atomic mass is 9.90. The highest BCUT2D eigenvalue weighted by Gasteiger charge is 2.45. The number of carboxylic acid groups (broad SMARTS) is 1. The highest BCUT2D eigenvalue weighted by molar-refractivity contribution is 8.18. The van der Waals surface area contributed by atoms with Gasteiger partial charge in [-0.15, -0.1) is 23.5 Å². The Morgan fingerprint density at radius 1 is 1.12 bits per heavy atom. The summed E-state index contributed by atoms with van der Waals surface area (Å²) in [7, 11) is 0. The first-order chi connectivity index (χ1) is 11.6. The van der Waals surface area contributed by atoms with Gasteiger partial charge in [0, 0.05) is 11.8 Å². The molecule has 3 aliphatic rings. The van der Waals surface area contributed by atoms with Crippen LogP contribution in [0.5, 0.6) is 0 Å². The molecular formula is C17H28N2O3S2. The molecular weight excluding hydrogens is 344 g/mol. The average Bonchev–Trinajstić information content (AvgIpc) is 3.12. The summed E-state index contributed by atoms with van der Waals surface area (Å²) < 4.78 is 0.568. The van der Waals surface area contributed by atoms with Crippen molar-refractivity contribution in [2.45, 2.75) is 60.0 Å². The van der Waals surface area contributed by atoms with E-state index in [-0.39, 0.29) is 24.1 Å². The number of thioether (sulfide) groups is 2. The zero-order chi connectivity index (χ0) is 16.9. The first-order valence-corrected chi connectivity index (χ1v) is 11.0. The van der Waals surface area contributed by atoms with Gasteiger partial charge in [-0.2, -0.15) is 0 Å². The van der Waals surface area contributed by atoms with E-state index in [0.29, 0.717) is 10.5 Å². The third-order valence-corrected chi connectivity index (χ3v) is 8.90. The third kappa shape index (κ3) is 5.05. The molecule has 3 N–H and O–H groups in total. The first kappa shape index (κ1) is 18.4. The van der Waals surface area contributed by atoms with E-state index in [1.165, 1.54) is 45.2 Å². The fraction of sp³-hybridized carbons (Fsp3) is 0.882. The molecule has 1 amide bonds. The van der Waals surface area contributed by atoms with Gasteiger partial charge in [0.1, 0.15) is 0 Å². The number of carbonyl (C=O) groups is 2. The van der Waals surface area contributed by atoms with E-state index in [9.17, 15) is 9.59 Å². The lowest BCUT2D eigenvalue weighted by Crippen LogP contribution is -2.33. The Balaban J connectivity index is 1.34. The van der Waals surface area contributed by atoms with Crippen molar-refractivity contribution in [3.05, 3.63) is 0 Å². The summed E-state index contributed by atoms with van der Waals surface area (Å²) in [6.07, 6.45) is 7.58. The van der Waals surface area contributed by atoms with Crippen LogP contribution >= 0.6 is 23.5 Å². The van der Waals surface area contributed by atoms with Gasteiger partial charge in [0.15, 0.2) is 0 Å². The molecule has 0 aliphatic carbocycles. The smallest absolute Gasteiger partial charge is 0.305 e. The van der Waals surface area contributed by atoms with Gasteiger partial charge >= 0.3 is 5.97 Å². The van der Waals surface area contributed by atoms with Crippen molar-refractivity contribution in [1.82, 2.24) is 10.6 Å². The lowest BCUT2D eigenvalue weighted by molar-refractivity contribution is -0.136. The van der Waals surface area contributed by atoms with Crippen molar-refractivity contribution >= 4 is 35.4 Å². The number of nitrogens with one attached hydrogen (secondary N) is 2. The molecule has 3 heterocycles. The van der Waals surface area contributed by atoms with E-state index in [0.717, 1.165) is 17.6 Å². The largest absolute Gasteiger partial charge is 0.481 e. The Kier molecular flexibility index (Phi) is 6.75. The van der Waals surface area contributed by atoms with Gasteiger partial charge < -0.3 is 15.7 Å². The van der Waals surface area contributed by atoms with E-state index >= 15 is 0 Å². The van der Waals surface area contributed by atoms with Crippen molar-refractivity contribution in [2.24, 2.45) is 11.8 Å². The van der Waals surface area contributed by atoms with E-state index in [1.54, 1.807) is 11.8 Å². The van der Waals surface area contributed by atoms with Crippen LogP contribution in [0.2, 0.25) is 0 Å². The van der Waals surface area contributed by atoms with Gasteiger partial charge in [0.2, 0.25) is 5.91 Å². The number of carbonyl (C=O) groups excluding carboxylic acids is 1. The van der Waals surface area contributed by atoms with Crippen LogP contribution in [0.4, 0.5) is 0 Å². The summed E-state index contributed by atoms with van der Waals surface area (Å²) in [5.74, 6) is 0.738. The van der Waals surface area contributed by atoms with E-state index < -0.39 is 5.97 Å². The van der Waals surface area contributed by atoms with Crippen molar-refractivity contribution in [3.8, 4) is 0 Å².